The van der Waals surface area contributed by atoms with Gasteiger partial charge < -0.3 is 20.2 Å². The largest absolute Gasteiger partial charge is 0.455 e. The first kappa shape index (κ1) is 21.9. The third-order valence-corrected chi connectivity index (χ3v) is 5.27. The molecule has 0 aliphatic heterocycles. The zero-order chi connectivity index (χ0) is 23.2. The molecule has 12 heteroatoms. The highest BCUT2D eigenvalue weighted by molar-refractivity contribution is 5.89. The van der Waals surface area contributed by atoms with Gasteiger partial charge in [0.2, 0.25) is 0 Å². The molecule has 2 amide bonds. The lowest BCUT2D eigenvalue weighted by atomic mass is 9.82. The summed E-state index contributed by atoms with van der Waals surface area (Å²) in [6.07, 6.45) is -1.89. The van der Waals surface area contributed by atoms with Crippen molar-refractivity contribution in [2.45, 2.75) is 44.0 Å². The fourth-order valence-electron chi connectivity index (χ4n) is 3.54. The Kier molecular flexibility index (Phi) is 5.49. The first-order valence-electron chi connectivity index (χ1n) is 9.55. The van der Waals surface area contributed by atoms with Crippen LogP contribution in [0.1, 0.15) is 41.9 Å². The van der Waals surface area contributed by atoms with Crippen LogP contribution in [0.4, 0.5) is 32.4 Å². The van der Waals surface area contributed by atoms with E-state index in [2.05, 4.69) is 15.3 Å². The lowest BCUT2D eigenvalue weighted by Crippen LogP contribution is -2.40. The lowest BCUT2D eigenvalue weighted by Gasteiger charge is -2.29. The van der Waals surface area contributed by atoms with E-state index >= 15 is 0 Å². The SMILES string of the molecule is Cc1c([C@H](NC(=O)Nc2cnc([C@H]3C[C@@H](O)C3)nc2)C(F)(F)F)oc2c(F)cc(F)cc12. The number of rotatable bonds is 4. The fraction of sp³-hybridized carbons (Fsp3) is 0.350. The van der Waals surface area contributed by atoms with Crippen LogP contribution < -0.4 is 10.6 Å². The second-order valence-electron chi connectivity index (χ2n) is 7.58. The van der Waals surface area contributed by atoms with Gasteiger partial charge in [0.1, 0.15) is 17.4 Å². The molecule has 1 aliphatic rings. The third-order valence-electron chi connectivity index (χ3n) is 5.27. The van der Waals surface area contributed by atoms with Gasteiger partial charge in [0, 0.05) is 22.9 Å². The quantitative estimate of drug-likeness (QED) is 0.503. The van der Waals surface area contributed by atoms with Crippen molar-refractivity contribution < 1.29 is 36.3 Å². The van der Waals surface area contributed by atoms with Crippen molar-refractivity contribution in [2.75, 3.05) is 5.32 Å². The van der Waals surface area contributed by atoms with Crippen LogP contribution in [0.15, 0.2) is 28.9 Å². The van der Waals surface area contributed by atoms with Gasteiger partial charge in [-0.2, -0.15) is 13.2 Å². The first-order chi connectivity index (χ1) is 15.0. The predicted molar refractivity (Wildman–Crippen MR) is 102 cm³/mol. The average Bonchev–Trinajstić information content (AvgIpc) is 3.00. The minimum atomic E-state index is -4.99. The zero-order valence-corrected chi connectivity index (χ0v) is 16.5. The summed E-state index contributed by atoms with van der Waals surface area (Å²) in [6, 6.07) is -2.50. The number of aryl methyl sites for hydroxylation is 1. The molecular weight excluding hydrogens is 439 g/mol. The highest BCUT2D eigenvalue weighted by Gasteiger charge is 2.45. The van der Waals surface area contributed by atoms with Crippen molar-refractivity contribution in [3.8, 4) is 0 Å². The number of halogens is 5. The van der Waals surface area contributed by atoms with Gasteiger partial charge in [-0.3, -0.25) is 0 Å². The Labute approximate surface area is 177 Å². The molecule has 1 aromatic carbocycles. The number of carbonyl (C=O) groups excluding carboxylic acids is 1. The van der Waals surface area contributed by atoms with Crippen molar-refractivity contribution in [2.24, 2.45) is 0 Å². The van der Waals surface area contributed by atoms with E-state index in [1.807, 2.05) is 0 Å². The Balaban J connectivity index is 1.53. The van der Waals surface area contributed by atoms with Crippen molar-refractivity contribution in [3.63, 3.8) is 0 Å². The van der Waals surface area contributed by atoms with Crippen LogP contribution in [0.5, 0.6) is 0 Å². The van der Waals surface area contributed by atoms with E-state index in [0.29, 0.717) is 24.7 Å². The smallest absolute Gasteiger partial charge is 0.416 e. The molecule has 0 bridgehead atoms. The van der Waals surface area contributed by atoms with Crippen molar-refractivity contribution in [1.29, 1.82) is 0 Å². The van der Waals surface area contributed by atoms with Crippen LogP contribution in [0.25, 0.3) is 11.0 Å². The Hall–Kier alpha value is -3.28. The first-order valence-corrected chi connectivity index (χ1v) is 9.55. The van der Waals surface area contributed by atoms with Gasteiger partial charge in [-0.25, -0.2) is 23.5 Å². The summed E-state index contributed by atoms with van der Waals surface area (Å²) in [5.74, 6) is -2.44. The Morgan fingerprint density at radius 3 is 2.47 bits per heavy atom. The van der Waals surface area contributed by atoms with Crippen LogP contribution >= 0.6 is 0 Å². The number of aliphatic hydroxyl groups excluding tert-OH is 1. The molecule has 0 spiro atoms. The molecule has 4 rings (SSSR count). The average molecular weight is 456 g/mol. The van der Waals surface area contributed by atoms with E-state index in [1.165, 1.54) is 19.3 Å². The lowest BCUT2D eigenvalue weighted by molar-refractivity contribution is -0.158. The van der Waals surface area contributed by atoms with Gasteiger partial charge in [0.15, 0.2) is 17.4 Å². The minimum absolute atomic E-state index is 0.0104. The van der Waals surface area contributed by atoms with E-state index in [9.17, 15) is 31.9 Å². The molecule has 2 aromatic heterocycles. The maximum atomic E-state index is 13.9. The molecule has 0 radical (unpaired) electrons. The summed E-state index contributed by atoms with van der Waals surface area (Å²) >= 11 is 0. The van der Waals surface area contributed by atoms with Crippen LogP contribution in [0, 0.1) is 18.6 Å². The van der Waals surface area contributed by atoms with Crippen molar-refractivity contribution >= 4 is 22.7 Å². The van der Waals surface area contributed by atoms with Gasteiger partial charge in [0.25, 0.3) is 0 Å². The number of aliphatic hydroxyl groups is 1. The molecule has 1 atom stereocenters. The molecule has 3 aromatic rings. The van der Waals surface area contributed by atoms with Crippen molar-refractivity contribution in [1.82, 2.24) is 15.3 Å². The molecular formula is C20H17F5N4O3. The fourth-order valence-corrected chi connectivity index (χ4v) is 3.54. The van der Waals surface area contributed by atoms with Crippen LogP contribution in [-0.2, 0) is 0 Å². The van der Waals surface area contributed by atoms with E-state index in [1.54, 1.807) is 5.32 Å². The number of carbonyl (C=O) groups is 1. The molecule has 1 saturated carbocycles. The number of hydrogen-bond donors (Lipinski definition) is 3. The number of amides is 2. The van der Waals surface area contributed by atoms with E-state index < -0.39 is 47.3 Å². The normalized spacial score (nSPS) is 19.5. The van der Waals surface area contributed by atoms with Gasteiger partial charge in [0.05, 0.1) is 24.2 Å². The van der Waals surface area contributed by atoms with E-state index in [0.717, 1.165) is 6.07 Å². The van der Waals surface area contributed by atoms with Gasteiger partial charge in [-0.05, 0) is 25.8 Å². The molecule has 32 heavy (non-hydrogen) atoms. The number of hydrogen-bond acceptors (Lipinski definition) is 5. The summed E-state index contributed by atoms with van der Waals surface area (Å²) in [4.78, 5) is 20.3. The summed E-state index contributed by atoms with van der Waals surface area (Å²) in [5, 5.41) is 13.1. The molecule has 7 nitrogen and oxygen atoms in total. The monoisotopic (exact) mass is 456 g/mol. The maximum Gasteiger partial charge on any atom is 0.416 e. The molecule has 0 unspecified atom stereocenters. The summed E-state index contributed by atoms with van der Waals surface area (Å²) < 4.78 is 73.6. The highest BCUT2D eigenvalue weighted by Crippen LogP contribution is 2.39. The summed E-state index contributed by atoms with van der Waals surface area (Å²) in [7, 11) is 0. The van der Waals surface area contributed by atoms with Crippen LogP contribution in [0.3, 0.4) is 0 Å². The van der Waals surface area contributed by atoms with E-state index in [-0.39, 0.29) is 22.6 Å². The van der Waals surface area contributed by atoms with Crippen molar-refractivity contribution in [3.05, 3.63) is 53.3 Å². The second-order valence-corrected chi connectivity index (χ2v) is 7.58. The number of nitrogens with zero attached hydrogens (tertiary/aromatic N) is 2. The number of benzene rings is 1. The van der Waals surface area contributed by atoms with Gasteiger partial charge >= 0.3 is 12.2 Å². The molecule has 1 fully saturated rings. The number of fused-ring (bicyclic) bond motifs is 1. The maximum absolute atomic E-state index is 13.9. The Bertz CT molecular complexity index is 1160. The standard InChI is InChI=1S/C20H17F5N4O3/c1-8-13-4-10(21)5-14(22)16(13)32-15(8)17(20(23,24)25)29-19(31)28-11-6-26-18(27-7-11)9-2-12(30)3-9/h4-7,9,12,17,30H,2-3H2,1H3,(H2,28,29,31)/t9-,12+,17-/m0/s1. The Morgan fingerprint density at radius 2 is 1.88 bits per heavy atom. The van der Waals surface area contributed by atoms with E-state index in [4.69, 9.17) is 4.42 Å². The second kappa shape index (κ2) is 8.01. The number of urea groups is 1. The molecule has 0 saturated heterocycles. The minimum Gasteiger partial charge on any atom is -0.455 e. The number of alkyl halides is 3. The summed E-state index contributed by atoms with van der Waals surface area (Å²) in [5.41, 5.74) is -0.654. The number of nitrogens with one attached hydrogen (secondary N) is 2. The van der Waals surface area contributed by atoms with Crippen LogP contribution in [0.2, 0.25) is 0 Å². The zero-order valence-electron chi connectivity index (χ0n) is 16.5. The van der Waals surface area contributed by atoms with Gasteiger partial charge in [-0.1, -0.05) is 0 Å². The number of aromatic nitrogens is 2. The molecule has 1 aliphatic carbocycles. The molecule has 3 N–H and O–H groups in total. The van der Waals surface area contributed by atoms with Gasteiger partial charge in [-0.15, -0.1) is 0 Å². The molecule has 2 heterocycles. The predicted octanol–water partition coefficient (Wildman–Crippen LogP) is 4.47. The summed E-state index contributed by atoms with van der Waals surface area (Å²) in [6.45, 7) is 1.21. The number of furan rings is 1. The van der Waals surface area contributed by atoms with Crippen LogP contribution in [-0.4, -0.2) is 33.4 Å². The third kappa shape index (κ3) is 4.22. The topological polar surface area (TPSA) is 100 Å². The Morgan fingerprint density at radius 1 is 1.22 bits per heavy atom. The number of anilines is 1. The highest BCUT2D eigenvalue weighted by atomic mass is 19.4. The molecule has 170 valence electrons.